The summed E-state index contributed by atoms with van der Waals surface area (Å²) in [5.41, 5.74) is 0.339. The van der Waals surface area contributed by atoms with Crippen molar-refractivity contribution in [1.82, 2.24) is 9.97 Å². The number of aromatic nitrogens is 2. The van der Waals surface area contributed by atoms with Gasteiger partial charge in [-0.05, 0) is 11.6 Å². The molecular weight excluding hydrogens is 247 g/mol. The minimum Gasteiger partial charge on any atom is -0.477 e. The first-order valence-electron chi connectivity index (χ1n) is 4.78. The maximum Gasteiger partial charge on any atom is 0.353 e. The van der Waals surface area contributed by atoms with Crippen LogP contribution in [0.4, 0.5) is 4.39 Å². The molecule has 6 heteroatoms. The van der Waals surface area contributed by atoms with Crippen molar-refractivity contribution >= 4 is 17.6 Å². The molecule has 0 unspecified atom stereocenters. The molecule has 17 heavy (non-hydrogen) atoms. The lowest BCUT2D eigenvalue weighted by Crippen LogP contribution is -1.98. The highest BCUT2D eigenvalue weighted by Crippen LogP contribution is 2.19. The molecule has 0 bridgehead atoms. The van der Waals surface area contributed by atoms with Gasteiger partial charge in [-0.25, -0.2) is 14.2 Å². The number of H-pyrrole nitrogens is 1. The van der Waals surface area contributed by atoms with Crippen LogP contribution in [0.1, 0.15) is 21.9 Å². The number of halogens is 2. The fourth-order valence-electron chi connectivity index (χ4n) is 1.43. The van der Waals surface area contributed by atoms with Crippen molar-refractivity contribution < 1.29 is 14.3 Å². The standard InChI is InChI=1S/C11H8ClFN2O2/c12-7-3-1-2-6(10(7)13)4-9-14-5-8(15-9)11(16)17/h1-3,5H,4H2,(H,14,15)(H,16,17). The number of imidazole rings is 1. The molecule has 0 fully saturated rings. The zero-order valence-electron chi connectivity index (χ0n) is 8.58. The van der Waals surface area contributed by atoms with Crippen LogP contribution in [-0.4, -0.2) is 21.0 Å². The summed E-state index contributed by atoms with van der Waals surface area (Å²) in [5.74, 6) is -1.23. The average molecular weight is 255 g/mol. The lowest BCUT2D eigenvalue weighted by molar-refractivity contribution is 0.0691. The SMILES string of the molecule is O=C(O)c1cnc(Cc2cccc(Cl)c2F)[nH]1. The number of aromatic amines is 1. The third kappa shape index (κ3) is 2.45. The van der Waals surface area contributed by atoms with Crippen molar-refractivity contribution in [3.63, 3.8) is 0 Å². The summed E-state index contributed by atoms with van der Waals surface area (Å²) in [4.78, 5) is 17.1. The second kappa shape index (κ2) is 4.55. The van der Waals surface area contributed by atoms with Gasteiger partial charge in [-0.3, -0.25) is 0 Å². The van der Waals surface area contributed by atoms with Crippen molar-refractivity contribution in [2.24, 2.45) is 0 Å². The number of hydrogen-bond acceptors (Lipinski definition) is 2. The van der Waals surface area contributed by atoms with E-state index in [1.165, 1.54) is 12.3 Å². The normalized spacial score (nSPS) is 10.5. The van der Waals surface area contributed by atoms with E-state index in [4.69, 9.17) is 16.7 Å². The summed E-state index contributed by atoms with van der Waals surface area (Å²) in [6.07, 6.45) is 1.36. The lowest BCUT2D eigenvalue weighted by atomic mass is 10.1. The molecule has 0 saturated carbocycles. The van der Waals surface area contributed by atoms with Gasteiger partial charge in [0.2, 0.25) is 0 Å². The second-order valence-corrected chi connectivity index (χ2v) is 3.85. The van der Waals surface area contributed by atoms with E-state index >= 15 is 0 Å². The third-order valence-electron chi connectivity index (χ3n) is 2.25. The predicted octanol–water partition coefficient (Wildman–Crippen LogP) is 2.49. The van der Waals surface area contributed by atoms with Gasteiger partial charge in [-0.2, -0.15) is 0 Å². The van der Waals surface area contributed by atoms with Crippen molar-refractivity contribution in [2.45, 2.75) is 6.42 Å². The molecule has 1 aromatic carbocycles. The highest BCUT2D eigenvalue weighted by atomic mass is 35.5. The quantitative estimate of drug-likeness (QED) is 0.884. The molecule has 0 atom stereocenters. The van der Waals surface area contributed by atoms with Crippen LogP contribution in [0.5, 0.6) is 0 Å². The number of nitrogens with zero attached hydrogens (tertiary/aromatic N) is 1. The van der Waals surface area contributed by atoms with E-state index in [-0.39, 0.29) is 17.1 Å². The number of benzene rings is 1. The summed E-state index contributed by atoms with van der Waals surface area (Å²) in [5, 5.41) is 8.73. The smallest absolute Gasteiger partial charge is 0.353 e. The van der Waals surface area contributed by atoms with Crippen molar-refractivity contribution in [2.75, 3.05) is 0 Å². The monoisotopic (exact) mass is 254 g/mol. The number of hydrogen-bond donors (Lipinski definition) is 2. The fraction of sp³-hybridized carbons (Fsp3) is 0.0909. The van der Waals surface area contributed by atoms with Gasteiger partial charge in [0, 0.05) is 6.42 Å². The molecule has 2 N–H and O–H groups in total. The van der Waals surface area contributed by atoms with Crippen LogP contribution in [-0.2, 0) is 6.42 Å². The predicted molar refractivity (Wildman–Crippen MR) is 59.8 cm³/mol. The first-order valence-corrected chi connectivity index (χ1v) is 5.16. The zero-order chi connectivity index (χ0) is 12.4. The van der Waals surface area contributed by atoms with E-state index in [0.29, 0.717) is 11.4 Å². The molecule has 2 aromatic rings. The highest BCUT2D eigenvalue weighted by molar-refractivity contribution is 6.30. The van der Waals surface area contributed by atoms with Gasteiger partial charge in [0.25, 0.3) is 0 Å². The van der Waals surface area contributed by atoms with Crippen LogP contribution in [0.15, 0.2) is 24.4 Å². The molecule has 1 heterocycles. The Bertz CT molecular complexity index is 568. The van der Waals surface area contributed by atoms with Gasteiger partial charge in [0.15, 0.2) is 0 Å². The van der Waals surface area contributed by atoms with E-state index in [2.05, 4.69) is 9.97 Å². The third-order valence-corrected chi connectivity index (χ3v) is 2.54. The first-order chi connectivity index (χ1) is 8.08. The summed E-state index contributed by atoms with van der Waals surface area (Å²) in [6, 6.07) is 4.65. The number of aromatic carboxylic acids is 1. The Labute approximate surface area is 101 Å². The van der Waals surface area contributed by atoms with Crippen LogP contribution in [0.25, 0.3) is 0 Å². The summed E-state index contributed by atoms with van der Waals surface area (Å²) in [7, 11) is 0. The molecule has 4 nitrogen and oxygen atoms in total. The van der Waals surface area contributed by atoms with E-state index in [9.17, 15) is 9.18 Å². The van der Waals surface area contributed by atoms with Crippen LogP contribution in [0.2, 0.25) is 5.02 Å². The van der Waals surface area contributed by atoms with Gasteiger partial charge < -0.3 is 10.1 Å². The van der Waals surface area contributed by atoms with Crippen LogP contribution >= 0.6 is 11.6 Å². The molecule has 1 aromatic heterocycles. The summed E-state index contributed by atoms with van der Waals surface area (Å²) >= 11 is 5.64. The van der Waals surface area contributed by atoms with Crippen LogP contribution < -0.4 is 0 Å². The van der Waals surface area contributed by atoms with E-state index in [1.54, 1.807) is 12.1 Å². The number of carbonyl (C=O) groups is 1. The fourth-order valence-corrected chi connectivity index (χ4v) is 1.62. The molecule has 0 radical (unpaired) electrons. The maximum absolute atomic E-state index is 13.6. The van der Waals surface area contributed by atoms with Crippen LogP contribution in [0.3, 0.4) is 0 Å². The van der Waals surface area contributed by atoms with Gasteiger partial charge in [-0.15, -0.1) is 0 Å². The molecule has 0 amide bonds. The minimum atomic E-state index is -1.10. The number of nitrogens with one attached hydrogen (secondary N) is 1. The van der Waals surface area contributed by atoms with Crippen molar-refractivity contribution in [1.29, 1.82) is 0 Å². The first kappa shape index (κ1) is 11.6. The molecule has 88 valence electrons. The van der Waals surface area contributed by atoms with E-state index in [1.807, 2.05) is 0 Å². The molecule has 2 rings (SSSR count). The molecule has 0 aliphatic rings. The number of rotatable bonds is 3. The number of carboxylic acids is 1. The minimum absolute atomic E-state index is 0.0255. The Kier molecular flexibility index (Phi) is 3.10. The lowest BCUT2D eigenvalue weighted by Gasteiger charge is -2.01. The van der Waals surface area contributed by atoms with Crippen molar-refractivity contribution in [3.05, 3.63) is 52.3 Å². The number of carboxylic acid groups (broad SMARTS) is 1. The molecular formula is C11H8ClFN2O2. The molecule has 0 aliphatic heterocycles. The van der Waals surface area contributed by atoms with Gasteiger partial charge >= 0.3 is 5.97 Å². The van der Waals surface area contributed by atoms with Crippen LogP contribution in [0, 0.1) is 5.82 Å². The van der Waals surface area contributed by atoms with E-state index < -0.39 is 11.8 Å². The Morgan fingerprint density at radius 2 is 2.29 bits per heavy atom. The second-order valence-electron chi connectivity index (χ2n) is 3.44. The average Bonchev–Trinajstić information content (AvgIpc) is 2.73. The summed E-state index contributed by atoms with van der Waals surface area (Å²) in [6.45, 7) is 0. The van der Waals surface area contributed by atoms with E-state index in [0.717, 1.165) is 0 Å². The Balaban J connectivity index is 2.25. The Morgan fingerprint density at radius 3 is 2.94 bits per heavy atom. The maximum atomic E-state index is 13.6. The topological polar surface area (TPSA) is 66.0 Å². The Hall–Kier alpha value is -1.88. The van der Waals surface area contributed by atoms with Gasteiger partial charge in [-0.1, -0.05) is 23.7 Å². The Morgan fingerprint density at radius 1 is 1.53 bits per heavy atom. The largest absolute Gasteiger partial charge is 0.477 e. The molecule has 0 spiro atoms. The summed E-state index contributed by atoms with van der Waals surface area (Å²) < 4.78 is 13.6. The van der Waals surface area contributed by atoms with Gasteiger partial charge in [0.05, 0.1) is 11.2 Å². The highest BCUT2D eigenvalue weighted by Gasteiger charge is 2.11. The molecule has 0 saturated heterocycles. The zero-order valence-corrected chi connectivity index (χ0v) is 9.33. The van der Waals surface area contributed by atoms with Crippen molar-refractivity contribution in [3.8, 4) is 0 Å². The van der Waals surface area contributed by atoms with Gasteiger partial charge in [0.1, 0.15) is 17.3 Å². The molecule has 0 aliphatic carbocycles.